The summed E-state index contributed by atoms with van der Waals surface area (Å²) >= 11 is 0. The summed E-state index contributed by atoms with van der Waals surface area (Å²) in [5, 5.41) is 13.7. The number of benzene rings is 1. The smallest absolute Gasteiger partial charge is 0.329 e. The number of anilines is 2. The van der Waals surface area contributed by atoms with Crippen LogP contribution in [0.25, 0.3) is 16.7 Å². The monoisotopic (exact) mass is 877 g/mol. The van der Waals surface area contributed by atoms with Crippen LogP contribution >= 0.6 is 0 Å². The van der Waals surface area contributed by atoms with Gasteiger partial charge in [-0.1, -0.05) is 30.7 Å². The number of morpholine rings is 1. The van der Waals surface area contributed by atoms with Crippen LogP contribution in [0.2, 0.25) is 5.31 Å². The fraction of sp³-hybridized carbons (Fsp3) is 0.523. The van der Waals surface area contributed by atoms with Crippen LogP contribution in [0, 0.1) is 11.8 Å². The zero-order valence-electron chi connectivity index (χ0n) is 35.8. The Balaban J connectivity index is 0.712. The van der Waals surface area contributed by atoms with E-state index in [1.807, 2.05) is 18.2 Å². The highest BCUT2D eigenvalue weighted by atomic mass is 19.3. The molecule has 8 heterocycles. The molecule has 4 saturated heterocycles. The predicted molar refractivity (Wildman–Crippen MR) is 233 cm³/mol. The van der Waals surface area contributed by atoms with E-state index >= 15 is 0 Å². The third-order valence-electron chi connectivity index (χ3n) is 13.9. The molecule has 0 spiro atoms. The van der Waals surface area contributed by atoms with E-state index in [1.54, 1.807) is 24.0 Å². The number of imide groups is 1. The fourth-order valence-corrected chi connectivity index (χ4v) is 10.5. The van der Waals surface area contributed by atoms with Crippen LogP contribution in [0.1, 0.15) is 97.9 Å². The van der Waals surface area contributed by atoms with Crippen LogP contribution in [0.15, 0.2) is 47.7 Å². The maximum atomic E-state index is 14.4. The normalized spacial score (nSPS) is 25.3. The van der Waals surface area contributed by atoms with Gasteiger partial charge in [0.25, 0.3) is 12.3 Å². The summed E-state index contributed by atoms with van der Waals surface area (Å²) in [4.78, 5) is 60.6. The zero-order valence-corrected chi connectivity index (χ0v) is 35.8. The maximum Gasteiger partial charge on any atom is 0.329 e. The largest absolute Gasteiger partial charge is 0.374 e. The molecule has 3 amide bonds. The standard InChI is InChI=1S/C44H50BF2N11O6/c1-53-38-26(4-2-6-33(38)58(43(53)62)34-7-8-36(59)51-42(34)61)5-3-19-63-29-11-16-54(17-12-29)25-44(45)14-9-27(10-15-44)57-23-32(37(52-57)39(46)47)49-41(60)31-21-48-56-18-13-35(50-40(31)56)55-22-30-20-28(55)24-64-30/h2,4,6,13,18,21,23,27-30,34,39H,7-12,14-17,19-20,22,24-25,45H2,1H3,(H,49,60)(H,51,59,61)/t27-,28-,30-,34?,44+/m1/s1. The van der Waals surface area contributed by atoms with Gasteiger partial charge in [0.15, 0.2) is 11.3 Å². The van der Waals surface area contributed by atoms with Crippen molar-refractivity contribution in [2.45, 2.75) is 99.9 Å². The molecule has 0 radical (unpaired) electrons. The van der Waals surface area contributed by atoms with E-state index in [1.165, 1.54) is 26.0 Å². The number of para-hydroxylation sites is 1. The minimum Gasteiger partial charge on any atom is -0.374 e. The quantitative estimate of drug-likeness (QED) is 0.120. The first-order valence-corrected chi connectivity index (χ1v) is 22.2. The molecule has 4 aliphatic heterocycles. The minimum absolute atomic E-state index is 0.0139. The van der Waals surface area contributed by atoms with Gasteiger partial charge in [-0.05, 0) is 68.6 Å². The van der Waals surface area contributed by atoms with Crippen molar-refractivity contribution in [2.75, 3.05) is 49.6 Å². The summed E-state index contributed by atoms with van der Waals surface area (Å²) in [6, 6.07) is 6.71. The highest BCUT2D eigenvalue weighted by molar-refractivity contribution is 6.15. The lowest BCUT2D eigenvalue weighted by molar-refractivity contribution is -0.135. The van der Waals surface area contributed by atoms with Crippen LogP contribution in [0.4, 0.5) is 20.3 Å². The molecule has 20 heteroatoms. The summed E-state index contributed by atoms with van der Waals surface area (Å²) in [6.07, 6.45) is 8.57. The van der Waals surface area contributed by atoms with Gasteiger partial charge in [-0.25, -0.2) is 23.1 Å². The fourth-order valence-electron chi connectivity index (χ4n) is 10.5. The summed E-state index contributed by atoms with van der Waals surface area (Å²) < 4.78 is 46.7. The van der Waals surface area contributed by atoms with Crippen molar-refractivity contribution in [1.29, 1.82) is 0 Å². The lowest BCUT2D eigenvalue weighted by Gasteiger charge is -2.43. The predicted octanol–water partition coefficient (Wildman–Crippen LogP) is 3.16. The first kappa shape index (κ1) is 42.1. The lowest BCUT2D eigenvalue weighted by atomic mass is 9.59. The molecular formula is C44H50BF2N11O6. The van der Waals surface area contributed by atoms with E-state index in [4.69, 9.17) is 14.5 Å². The molecule has 2 N–H and O–H groups in total. The molecule has 1 aliphatic carbocycles. The Hall–Kier alpha value is -5.91. The second-order valence-corrected chi connectivity index (χ2v) is 18.3. The molecule has 64 heavy (non-hydrogen) atoms. The van der Waals surface area contributed by atoms with E-state index in [0.29, 0.717) is 28.9 Å². The highest BCUT2D eigenvalue weighted by Gasteiger charge is 2.40. The third-order valence-corrected chi connectivity index (χ3v) is 13.9. The molecule has 17 nitrogen and oxygen atoms in total. The topological polar surface area (TPSA) is 175 Å². The summed E-state index contributed by atoms with van der Waals surface area (Å²) in [5.41, 5.74) is 1.61. The van der Waals surface area contributed by atoms with E-state index in [-0.39, 0.29) is 71.9 Å². The number of rotatable bonds is 10. The number of piperidine rings is 2. The first-order valence-electron chi connectivity index (χ1n) is 22.2. The van der Waals surface area contributed by atoms with Crippen molar-refractivity contribution in [3.8, 4) is 11.8 Å². The molecule has 5 aliphatic rings. The second-order valence-electron chi connectivity index (χ2n) is 18.3. The van der Waals surface area contributed by atoms with Gasteiger partial charge in [0, 0.05) is 45.5 Å². The summed E-state index contributed by atoms with van der Waals surface area (Å²) in [6.45, 7) is 4.33. The van der Waals surface area contributed by atoms with Gasteiger partial charge in [-0.3, -0.25) is 33.5 Å². The number of halogens is 2. The average Bonchev–Trinajstić information content (AvgIpc) is 4.13. The third kappa shape index (κ3) is 7.98. The molecule has 1 saturated carbocycles. The minimum atomic E-state index is -2.87. The summed E-state index contributed by atoms with van der Waals surface area (Å²) in [7, 11) is 3.96. The SMILES string of the molecule is B[C@]1(CN2CCC(OCC#Cc3cccc4c3n(C)c(=O)n4C3CCC(=O)NC3=O)CC2)CC[C@H](n2cc(NC(=O)c3cnn4ccc(N5C[C@H]6C[C@@H]5CO6)nc34)c(C(F)F)n2)CC1. The van der Waals surface area contributed by atoms with Gasteiger partial charge in [-0.15, -0.1) is 0 Å². The maximum absolute atomic E-state index is 14.4. The van der Waals surface area contributed by atoms with E-state index in [2.05, 4.69) is 50.3 Å². The van der Waals surface area contributed by atoms with E-state index < -0.39 is 30.0 Å². The number of carbonyl (C=O) groups is 3. The number of likely N-dealkylation sites (tertiary alicyclic amines) is 1. The number of aromatic nitrogens is 7. The van der Waals surface area contributed by atoms with Crippen LogP contribution < -0.4 is 21.2 Å². The molecule has 334 valence electrons. The lowest BCUT2D eigenvalue weighted by Crippen LogP contribution is -2.44. The molecule has 1 unspecified atom stereocenters. The Bertz CT molecular complexity index is 2760. The van der Waals surface area contributed by atoms with Crippen LogP contribution in [-0.2, 0) is 26.1 Å². The van der Waals surface area contributed by atoms with Crippen molar-refractivity contribution in [3.63, 3.8) is 0 Å². The Morgan fingerprint density at radius 2 is 1.92 bits per heavy atom. The molecule has 5 fully saturated rings. The number of imidazole rings is 1. The Morgan fingerprint density at radius 3 is 2.66 bits per heavy atom. The van der Waals surface area contributed by atoms with E-state index in [0.717, 1.165) is 76.9 Å². The van der Waals surface area contributed by atoms with E-state index in [9.17, 15) is 28.0 Å². The van der Waals surface area contributed by atoms with Crippen molar-refractivity contribution in [1.82, 2.24) is 43.7 Å². The zero-order chi connectivity index (χ0) is 44.3. The Kier molecular flexibility index (Phi) is 11.1. The van der Waals surface area contributed by atoms with Crippen molar-refractivity contribution in [2.24, 2.45) is 7.05 Å². The number of carbonyl (C=O) groups excluding carboxylic acids is 3. The Morgan fingerprint density at radius 1 is 1.11 bits per heavy atom. The van der Waals surface area contributed by atoms with Crippen molar-refractivity contribution in [3.05, 3.63) is 70.2 Å². The van der Waals surface area contributed by atoms with Gasteiger partial charge in [0.2, 0.25) is 11.8 Å². The second kappa shape index (κ2) is 16.9. The molecular weight excluding hydrogens is 827 g/mol. The van der Waals surface area contributed by atoms with Gasteiger partial charge < -0.3 is 24.6 Å². The van der Waals surface area contributed by atoms with Gasteiger partial charge in [0.05, 0.1) is 59.4 Å². The van der Waals surface area contributed by atoms with Gasteiger partial charge in [0.1, 0.15) is 31.9 Å². The number of alkyl halides is 2. The molecule has 5 aromatic rings. The number of ether oxygens (including phenoxy) is 2. The van der Waals surface area contributed by atoms with Crippen molar-refractivity contribution >= 4 is 53.8 Å². The van der Waals surface area contributed by atoms with Crippen LogP contribution in [0.3, 0.4) is 0 Å². The first-order chi connectivity index (χ1) is 30.9. The summed E-state index contributed by atoms with van der Waals surface area (Å²) in [5.74, 6) is 5.63. The molecule has 4 aromatic heterocycles. The number of aryl methyl sites for hydroxylation is 1. The number of hydrogen-bond acceptors (Lipinski definition) is 11. The molecule has 3 atom stereocenters. The van der Waals surface area contributed by atoms with Crippen molar-refractivity contribution < 1.29 is 32.6 Å². The highest BCUT2D eigenvalue weighted by Crippen LogP contribution is 2.45. The number of amides is 3. The van der Waals surface area contributed by atoms with Crippen LogP contribution in [-0.4, -0.2) is 122 Å². The average molecular weight is 878 g/mol. The Labute approximate surface area is 367 Å². The van der Waals surface area contributed by atoms with Gasteiger partial charge in [-0.2, -0.15) is 10.2 Å². The molecule has 2 bridgehead atoms. The number of nitrogens with one attached hydrogen (secondary N) is 2. The molecule has 1 aromatic carbocycles. The van der Waals surface area contributed by atoms with Gasteiger partial charge >= 0.3 is 5.69 Å². The number of nitrogens with zero attached hydrogens (tertiary/aromatic N) is 9. The molecule has 10 rings (SSSR count). The van der Waals surface area contributed by atoms with Crippen LogP contribution in [0.5, 0.6) is 0 Å². The number of hydrogen-bond donors (Lipinski definition) is 2. The number of fused-ring (bicyclic) bond motifs is 4.